The molecule has 1 fully saturated rings. The van der Waals surface area contributed by atoms with Crippen molar-refractivity contribution in [3.63, 3.8) is 0 Å². The van der Waals surface area contributed by atoms with Gasteiger partial charge in [-0.25, -0.2) is 9.37 Å². The zero-order chi connectivity index (χ0) is 17.5. The number of benzene rings is 1. The topological polar surface area (TPSA) is 51.2 Å². The molecule has 0 spiro atoms. The van der Waals surface area contributed by atoms with Crippen molar-refractivity contribution in [2.45, 2.75) is 44.6 Å². The number of carbonyl (C=O) groups is 1. The van der Waals surface area contributed by atoms with Gasteiger partial charge in [0, 0.05) is 12.1 Å². The van der Waals surface area contributed by atoms with Gasteiger partial charge in [-0.1, -0.05) is 37.8 Å². The molecule has 1 aromatic carbocycles. The van der Waals surface area contributed by atoms with Crippen molar-refractivity contribution >= 4 is 17.2 Å². The third-order valence-corrected chi connectivity index (χ3v) is 5.41. The Balaban J connectivity index is 1.46. The minimum atomic E-state index is -0.333. The summed E-state index contributed by atoms with van der Waals surface area (Å²) in [6.45, 7) is 0.998. The van der Waals surface area contributed by atoms with Crippen LogP contribution in [0, 0.1) is 5.82 Å². The fraction of sp³-hybridized carbons (Fsp3) is 0.474. The first kappa shape index (κ1) is 18.0. The molecule has 1 amide bonds. The molecule has 0 radical (unpaired) electrons. The van der Waals surface area contributed by atoms with Gasteiger partial charge in [0.2, 0.25) is 0 Å². The van der Waals surface area contributed by atoms with Crippen LogP contribution in [-0.4, -0.2) is 30.1 Å². The molecule has 1 N–H and O–H groups in total. The average molecular weight is 362 g/mol. The molecule has 1 aliphatic carbocycles. The summed E-state index contributed by atoms with van der Waals surface area (Å²) in [6, 6.07) is 6.44. The Morgan fingerprint density at radius 2 is 2.00 bits per heavy atom. The molecule has 1 heterocycles. The number of aromatic nitrogens is 1. The maximum Gasteiger partial charge on any atom is 0.263 e. The van der Waals surface area contributed by atoms with Gasteiger partial charge >= 0.3 is 0 Å². The van der Waals surface area contributed by atoms with Crippen molar-refractivity contribution in [1.82, 2.24) is 10.3 Å². The number of ether oxygens (including phenoxy) is 1. The molecule has 1 aromatic heterocycles. The monoisotopic (exact) mass is 362 g/mol. The van der Waals surface area contributed by atoms with Gasteiger partial charge in [0.05, 0.1) is 18.9 Å². The Hall–Kier alpha value is -1.79. The Bertz CT molecular complexity index is 696. The molecular formula is C19H23FN2O2S. The lowest BCUT2D eigenvalue weighted by molar-refractivity contribution is 0.0442. The van der Waals surface area contributed by atoms with E-state index in [-0.39, 0.29) is 11.7 Å². The van der Waals surface area contributed by atoms with E-state index in [1.807, 2.05) is 0 Å². The molecule has 3 rings (SSSR count). The maximum atomic E-state index is 13.8. The van der Waals surface area contributed by atoms with Crippen LogP contribution in [0.3, 0.4) is 0 Å². The van der Waals surface area contributed by atoms with Crippen LogP contribution < -0.4 is 5.32 Å². The maximum absolute atomic E-state index is 13.8. The normalized spacial score (nSPS) is 15.7. The van der Waals surface area contributed by atoms with Gasteiger partial charge in [-0.3, -0.25) is 4.79 Å². The highest BCUT2D eigenvalue weighted by Gasteiger charge is 2.15. The standard InChI is InChI=1S/C19H23FN2O2S/c20-16-10-6-5-9-15(16)19-22-13-17(25-19)18(23)21-11-12-24-14-7-3-1-2-4-8-14/h5-6,9-10,13-14H,1-4,7-8,11-12H2,(H,21,23). The second kappa shape index (κ2) is 9.06. The molecule has 134 valence electrons. The summed E-state index contributed by atoms with van der Waals surface area (Å²) in [6.07, 6.45) is 9.12. The van der Waals surface area contributed by atoms with E-state index in [1.54, 1.807) is 18.2 Å². The van der Waals surface area contributed by atoms with Gasteiger partial charge in [0.1, 0.15) is 15.7 Å². The molecule has 1 aliphatic rings. The number of halogens is 1. The molecule has 2 aromatic rings. The molecule has 0 aliphatic heterocycles. The zero-order valence-corrected chi connectivity index (χ0v) is 15.0. The summed E-state index contributed by atoms with van der Waals surface area (Å²) in [7, 11) is 0. The van der Waals surface area contributed by atoms with Crippen LogP contribution in [-0.2, 0) is 4.74 Å². The van der Waals surface area contributed by atoms with Gasteiger partial charge < -0.3 is 10.1 Å². The number of hydrogen-bond donors (Lipinski definition) is 1. The molecule has 6 heteroatoms. The van der Waals surface area contributed by atoms with Gasteiger partial charge in [-0.15, -0.1) is 11.3 Å². The Kier molecular flexibility index (Phi) is 6.53. The highest BCUT2D eigenvalue weighted by Crippen LogP contribution is 2.27. The first-order chi connectivity index (χ1) is 12.2. The number of hydrogen-bond acceptors (Lipinski definition) is 4. The predicted molar refractivity (Wildman–Crippen MR) is 97.3 cm³/mol. The van der Waals surface area contributed by atoms with E-state index in [9.17, 15) is 9.18 Å². The average Bonchev–Trinajstić information content (AvgIpc) is 2.96. The summed E-state index contributed by atoms with van der Waals surface area (Å²) in [5, 5.41) is 3.36. The van der Waals surface area contributed by atoms with Gasteiger partial charge in [-0.2, -0.15) is 0 Å². The highest BCUT2D eigenvalue weighted by molar-refractivity contribution is 7.16. The molecule has 4 nitrogen and oxygen atoms in total. The lowest BCUT2D eigenvalue weighted by Crippen LogP contribution is -2.28. The quantitative estimate of drug-likeness (QED) is 0.611. The van der Waals surface area contributed by atoms with Gasteiger partial charge in [-0.05, 0) is 25.0 Å². The lowest BCUT2D eigenvalue weighted by Gasteiger charge is -2.15. The van der Waals surface area contributed by atoms with E-state index in [1.165, 1.54) is 49.3 Å². The Morgan fingerprint density at radius 3 is 2.76 bits per heavy atom. The molecule has 25 heavy (non-hydrogen) atoms. The first-order valence-corrected chi connectivity index (χ1v) is 9.66. The summed E-state index contributed by atoms with van der Waals surface area (Å²) in [4.78, 5) is 16.8. The Labute approximate surface area is 151 Å². The van der Waals surface area contributed by atoms with Crippen molar-refractivity contribution < 1.29 is 13.9 Å². The van der Waals surface area contributed by atoms with Crippen LogP contribution in [0.2, 0.25) is 0 Å². The Morgan fingerprint density at radius 1 is 1.24 bits per heavy atom. The summed E-state index contributed by atoms with van der Waals surface area (Å²) < 4.78 is 19.7. The van der Waals surface area contributed by atoms with Crippen molar-refractivity contribution in [1.29, 1.82) is 0 Å². The van der Waals surface area contributed by atoms with Crippen molar-refractivity contribution in [2.75, 3.05) is 13.2 Å². The van der Waals surface area contributed by atoms with Crippen molar-refractivity contribution in [2.24, 2.45) is 0 Å². The third kappa shape index (κ3) is 5.09. The molecule has 1 saturated carbocycles. The number of amides is 1. The summed E-state index contributed by atoms with van der Waals surface area (Å²) in [5.74, 6) is -0.523. The van der Waals surface area contributed by atoms with Crippen LogP contribution in [0.15, 0.2) is 30.5 Å². The number of nitrogens with zero attached hydrogens (tertiary/aromatic N) is 1. The van der Waals surface area contributed by atoms with E-state index in [2.05, 4.69) is 10.3 Å². The third-order valence-electron chi connectivity index (χ3n) is 4.38. The molecular weight excluding hydrogens is 339 g/mol. The highest BCUT2D eigenvalue weighted by atomic mass is 32.1. The fourth-order valence-electron chi connectivity index (χ4n) is 3.02. The zero-order valence-electron chi connectivity index (χ0n) is 14.2. The first-order valence-electron chi connectivity index (χ1n) is 8.84. The summed E-state index contributed by atoms with van der Waals surface area (Å²) >= 11 is 1.19. The van der Waals surface area contributed by atoms with E-state index in [4.69, 9.17) is 4.74 Å². The second-order valence-corrected chi connectivity index (χ2v) is 7.28. The molecule has 0 atom stereocenters. The van der Waals surface area contributed by atoms with E-state index in [0.29, 0.717) is 34.7 Å². The molecule has 0 unspecified atom stereocenters. The van der Waals surface area contributed by atoms with Crippen LogP contribution in [0.1, 0.15) is 48.2 Å². The van der Waals surface area contributed by atoms with Crippen molar-refractivity contribution in [3.05, 3.63) is 41.2 Å². The van der Waals surface area contributed by atoms with Crippen LogP contribution in [0.4, 0.5) is 4.39 Å². The number of carbonyl (C=O) groups excluding carboxylic acids is 1. The largest absolute Gasteiger partial charge is 0.376 e. The number of thiazole rings is 1. The van der Waals surface area contributed by atoms with Crippen LogP contribution in [0.25, 0.3) is 10.6 Å². The fourth-order valence-corrected chi connectivity index (χ4v) is 3.88. The van der Waals surface area contributed by atoms with Gasteiger partial charge in [0.25, 0.3) is 5.91 Å². The molecule has 0 saturated heterocycles. The lowest BCUT2D eigenvalue weighted by atomic mass is 10.1. The minimum absolute atomic E-state index is 0.190. The van der Waals surface area contributed by atoms with Crippen molar-refractivity contribution in [3.8, 4) is 10.6 Å². The number of nitrogens with one attached hydrogen (secondary N) is 1. The number of rotatable bonds is 6. The minimum Gasteiger partial charge on any atom is -0.376 e. The van der Waals surface area contributed by atoms with Crippen LogP contribution in [0.5, 0.6) is 0 Å². The second-order valence-electron chi connectivity index (χ2n) is 6.25. The summed E-state index contributed by atoms with van der Waals surface area (Å²) in [5.41, 5.74) is 0.420. The van der Waals surface area contributed by atoms with E-state index in [0.717, 1.165) is 12.8 Å². The van der Waals surface area contributed by atoms with Gasteiger partial charge in [0.15, 0.2) is 0 Å². The smallest absolute Gasteiger partial charge is 0.263 e. The van der Waals surface area contributed by atoms with Crippen LogP contribution >= 0.6 is 11.3 Å². The SMILES string of the molecule is O=C(NCCOC1CCCCCC1)c1cnc(-c2ccccc2F)s1. The van der Waals surface area contributed by atoms with E-state index >= 15 is 0 Å². The molecule has 0 bridgehead atoms. The van der Waals surface area contributed by atoms with E-state index < -0.39 is 0 Å². The predicted octanol–water partition coefficient (Wildman–Crippen LogP) is 4.42.